The van der Waals surface area contributed by atoms with Crippen molar-refractivity contribution in [3.05, 3.63) is 64.1 Å². The van der Waals surface area contributed by atoms with E-state index in [9.17, 15) is 4.79 Å². The van der Waals surface area contributed by atoms with Crippen LogP contribution in [0.1, 0.15) is 26.8 Å². The largest absolute Gasteiger partial charge is 0.350 e. The third-order valence-electron chi connectivity index (χ3n) is 3.94. The number of amides is 1. The first kappa shape index (κ1) is 18.6. The zero-order valence-corrected chi connectivity index (χ0v) is 16.3. The van der Waals surface area contributed by atoms with Crippen LogP contribution < -0.4 is 5.32 Å². The van der Waals surface area contributed by atoms with E-state index in [2.05, 4.69) is 36.8 Å². The summed E-state index contributed by atoms with van der Waals surface area (Å²) in [5.74, 6) is 0.723. The Bertz CT molecular complexity index is 801. The smallest absolute Gasteiger partial charge is 0.251 e. The molecule has 8 heteroatoms. The molecule has 2 aromatic heterocycles. The van der Waals surface area contributed by atoms with Crippen molar-refractivity contribution in [1.82, 2.24) is 25.4 Å². The lowest BCUT2D eigenvalue weighted by Gasteiger charge is -2.23. The molecule has 6 nitrogen and oxygen atoms in total. The highest BCUT2D eigenvalue weighted by atomic mass is 32.2. The average Bonchev–Trinajstić information content (AvgIpc) is 3.34. The van der Waals surface area contributed by atoms with E-state index in [-0.39, 0.29) is 11.9 Å². The molecule has 0 bridgehead atoms. The summed E-state index contributed by atoms with van der Waals surface area (Å²) in [4.78, 5) is 19.9. The predicted octanol–water partition coefficient (Wildman–Crippen LogP) is 3.19. The number of aromatic amines is 1. The molecule has 2 N–H and O–H groups in total. The van der Waals surface area contributed by atoms with Crippen LogP contribution in [0.25, 0.3) is 0 Å². The van der Waals surface area contributed by atoms with E-state index < -0.39 is 0 Å². The number of carbonyl (C=O) groups is 1. The molecule has 136 valence electrons. The molecule has 26 heavy (non-hydrogen) atoms. The number of H-pyrrole nitrogens is 1. The maximum Gasteiger partial charge on any atom is 0.251 e. The lowest BCUT2D eigenvalue weighted by molar-refractivity contribution is 0.0942. The number of hydrogen-bond acceptors (Lipinski definition) is 6. The van der Waals surface area contributed by atoms with Gasteiger partial charge in [-0.05, 0) is 43.2 Å². The minimum atomic E-state index is -0.0529. The fraction of sp³-hybridized carbons (Fsp3) is 0.278. The Morgan fingerprint density at radius 3 is 2.73 bits per heavy atom. The number of rotatable bonds is 8. The number of benzene rings is 1. The number of carbonyl (C=O) groups excluding carboxylic acids is 1. The average molecular weight is 388 g/mol. The van der Waals surface area contributed by atoms with Gasteiger partial charge in [0.25, 0.3) is 5.91 Å². The van der Waals surface area contributed by atoms with E-state index in [1.165, 1.54) is 11.2 Å². The third-order valence-corrected chi connectivity index (χ3v) is 5.86. The topological polar surface area (TPSA) is 73.9 Å². The molecule has 3 rings (SSSR count). The Kier molecular flexibility index (Phi) is 6.43. The van der Waals surface area contributed by atoms with Gasteiger partial charge in [0, 0.05) is 22.7 Å². The van der Waals surface area contributed by atoms with Crippen LogP contribution in [0.15, 0.2) is 53.3 Å². The number of nitrogens with zero attached hydrogens (tertiary/aromatic N) is 3. The molecule has 1 amide bonds. The van der Waals surface area contributed by atoms with Crippen molar-refractivity contribution in [3.63, 3.8) is 0 Å². The van der Waals surface area contributed by atoms with Gasteiger partial charge in [0.2, 0.25) is 0 Å². The fourth-order valence-corrected chi connectivity index (χ4v) is 4.14. The summed E-state index contributed by atoms with van der Waals surface area (Å²) in [6.45, 7) is 0.579. The van der Waals surface area contributed by atoms with E-state index in [0.717, 1.165) is 16.5 Å². The lowest BCUT2D eigenvalue weighted by atomic mass is 10.1. The molecule has 0 aliphatic carbocycles. The van der Waals surface area contributed by atoms with Gasteiger partial charge in [0.05, 0.1) is 6.04 Å². The lowest BCUT2D eigenvalue weighted by Crippen LogP contribution is -2.34. The van der Waals surface area contributed by atoms with Crippen LogP contribution in [-0.4, -0.2) is 46.6 Å². The number of thioether (sulfide) groups is 1. The molecule has 0 saturated carbocycles. The molecule has 0 spiro atoms. The Morgan fingerprint density at radius 2 is 2.12 bits per heavy atom. The summed E-state index contributed by atoms with van der Waals surface area (Å²) in [5.41, 5.74) is 1.80. The van der Waals surface area contributed by atoms with E-state index in [1.807, 2.05) is 44.4 Å². The molecule has 0 fully saturated rings. The summed E-state index contributed by atoms with van der Waals surface area (Å²) in [6.07, 6.45) is 1.49. The molecule has 1 atom stereocenters. The van der Waals surface area contributed by atoms with Crippen LogP contribution in [-0.2, 0) is 5.75 Å². The zero-order valence-electron chi connectivity index (χ0n) is 14.7. The second-order valence-corrected chi connectivity index (χ2v) is 7.92. The summed E-state index contributed by atoms with van der Waals surface area (Å²) >= 11 is 3.28. The molecule has 0 aliphatic heterocycles. The molecule has 3 aromatic rings. The van der Waals surface area contributed by atoms with Crippen LogP contribution >= 0.6 is 23.1 Å². The second kappa shape index (κ2) is 8.98. The van der Waals surface area contributed by atoms with Crippen molar-refractivity contribution >= 4 is 29.0 Å². The van der Waals surface area contributed by atoms with Crippen LogP contribution in [0, 0.1) is 0 Å². The first-order valence-electron chi connectivity index (χ1n) is 8.18. The summed E-state index contributed by atoms with van der Waals surface area (Å²) in [5, 5.41) is 12.5. The summed E-state index contributed by atoms with van der Waals surface area (Å²) in [7, 11) is 4.05. The molecule has 1 unspecified atom stereocenters. The van der Waals surface area contributed by atoms with Gasteiger partial charge in [-0.1, -0.05) is 30.0 Å². The van der Waals surface area contributed by atoms with Gasteiger partial charge in [-0.2, -0.15) is 5.10 Å². The van der Waals surface area contributed by atoms with Crippen molar-refractivity contribution in [3.8, 4) is 0 Å². The van der Waals surface area contributed by atoms with Gasteiger partial charge >= 0.3 is 0 Å². The third kappa shape index (κ3) is 4.94. The molecule has 1 aromatic carbocycles. The van der Waals surface area contributed by atoms with E-state index in [0.29, 0.717) is 12.1 Å². The van der Waals surface area contributed by atoms with Gasteiger partial charge in [-0.15, -0.1) is 11.3 Å². The highest BCUT2D eigenvalue weighted by molar-refractivity contribution is 7.98. The van der Waals surface area contributed by atoms with Gasteiger partial charge in [-0.25, -0.2) is 4.98 Å². The van der Waals surface area contributed by atoms with Gasteiger partial charge in [-0.3, -0.25) is 9.89 Å². The highest BCUT2D eigenvalue weighted by Gasteiger charge is 2.16. The Labute approximate surface area is 161 Å². The van der Waals surface area contributed by atoms with Gasteiger partial charge < -0.3 is 10.2 Å². The SMILES string of the molecule is CN(C)C(CNC(=O)c1ccc(CSc2ncn[nH]2)cc1)c1cccs1. The quantitative estimate of drug-likeness (QED) is 0.581. The molecular formula is C18H21N5OS2. The molecule has 2 heterocycles. The number of hydrogen-bond donors (Lipinski definition) is 2. The highest BCUT2D eigenvalue weighted by Crippen LogP contribution is 2.22. The number of aromatic nitrogens is 3. The Hall–Kier alpha value is -2.16. The second-order valence-electron chi connectivity index (χ2n) is 5.98. The Balaban J connectivity index is 1.54. The number of nitrogens with one attached hydrogen (secondary N) is 2. The summed E-state index contributed by atoms with van der Waals surface area (Å²) in [6, 6.07) is 12.0. The van der Waals surface area contributed by atoms with Crippen molar-refractivity contribution in [2.75, 3.05) is 20.6 Å². The predicted molar refractivity (Wildman–Crippen MR) is 105 cm³/mol. The number of likely N-dealkylation sites (N-methyl/N-ethyl adjacent to an activating group) is 1. The maximum absolute atomic E-state index is 12.4. The van der Waals surface area contributed by atoms with Crippen molar-refractivity contribution in [1.29, 1.82) is 0 Å². The molecule has 0 aliphatic rings. The zero-order chi connectivity index (χ0) is 18.4. The Morgan fingerprint density at radius 1 is 1.31 bits per heavy atom. The summed E-state index contributed by atoms with van der Waals surface area (Å²) < 4.78 is 0. The fourth-order valence-electron chi connectivity index (χ4n) is 2.48. The normalized spacial score (nSPS) is 12.3. The number of thiophene rings is 1. The van der Waals surface area contributed by atoms with Crippen molar-refractivity contribution in [2.24, 2.45) is 0 Å². The standard InChI is InChI=1S/C18H21N5OS2/c1-23(2)15(16-4-3-9-25-16)10-19-17(24)14-7-5-13(6-8-14)11-26-18-20-12-21-22-18/h3-9,12,15H,10-11H2,1-2H3,(H,19,24)(H,20,21,22). The van der Waals surface area contributed by atoms with Crippen LogP contribution in [0.2, 0.25) is 0 Å². The van der Waals surface area contributed by atoms with Crippen LogP contribution in [0.3, 0.4) is 0 Å². The van der Waals surface area contributed by atoms with Gasteiger partial charge in [0.1, 0.15) is 6.33 Å². The van der Waals surface area contributed by atoms with Crippen LogP contribution in [0.4, 0.5) is 0 Å². The first-order chi connectivity index (χ1) is 12.6. The maximum atomic E-state index is 12.4. The molecule has 0 saturated heterocycles. The van der Waals surface area contributed by atoms with E-state index in [1.54, 1.807) is 23.1 Å². The van der Waals surface area contributed by atoms with Crippen LogP contribution in [0.5, 0.6) is 0 Å². The van der Waals surface area contributed by atoms with E-state index >= 15 is 0 Å². The monoisotopic (exact) mass is 387 g/mol. The minimum absolute atomic E-state index is 0.0529. The van der Waals surface area contributed by atoms with Gasteiger partial charge in [0.15, 0.2) is 5.16 Å². The molecule has 0 radical (unpaired) electrons. The minimum Gasteiger partial charge on any atom is -0.350 e. The van der Waals surface area contributed by atoms with E-state index in [4.69, 9.17) is 0 Å². The first-order valence-corrected chi connectivity index (χ1v) is 10.0. The molecular weight excluding hydrogens is 366 g/mol. The van der Waals surface area contributed by atoms with Crippen molar-refractivity contribution < 1.29 is 4.79 Å². The van der Waals surface area contributed by atoms with Crippen molar-refractivity contribution in [2.45, 2.75) is 17.0 Å².